The Morgan fingerprint density at radius 2 is 2.18 bits per heavy atom. The average molecular weight is 232 g/mol. The average Bonchev–Trinajstić information content (AvgIpc) is 2.26. The maximum Gasteiger partial charge on any atom is 0.252 e. The lowest BCUT2D eigenvalue weighted by Gasteiger charge is -2.42. The van der Waals surface area contributed by atoms with Crippen molar-refractivity contribution in [3.63, 3.8) is 0 Å². The van der Waals surface area contributed by atoms with Gasteiger partial charge in [-0.05, 0) is 50.3 Å². The van der Waals surface area contributed by atoms with Crippen LogP contribution in [0.4, 0.5) is 5.69 Å². The summed E-state index contributed by atoms with van der Waals surface area (Å²) in [5.74, 6) is 0.0105. The summed E-state index contributed by atoms with van der Waals surface area (Å²) in [6, 6.07) is 5.47. The van der Waals surface area contributed by atoms with E-state index in [0.29, 0.717) is 11.3 Å². The van der Waals surface area contributed by atoms with Crippen LogP contribution >= 0.6 is 0 Å². The van der Waals surface area contributed by atoms with Crippen molar-refractivity contribution in [2.24, 2.45) is 0 Å². The van der Waals surface area contributed by atoms with Gasteiger partial charge in [-0.15, -0.1) is 0 Å². The number of carbonyl (C=O) groups is 1. The van der Waals surface area contributed by atoms with Crippen LogP contribution in [0.3, 0.4) is 0 Å². The molecule has 0 heterocycles. The molecule has 17 heavy (non-hydrogen) atoms. The van der Waals surface area contributed by atoms with E-state index < -0.39 is 0 Å². The highest BCUT2D eigenvalue weighted by Gasteiger charge is 2.36. The molecule has 2 rings (SSSR count). The predicted octanol–water partition coefficient (Wildman–Crippen LogP) is 2.64. The first-order chi connectivity index (χ1) is 8.06. The molecule has 0 saturated heterocycles. The van der Waals surface area contributed by atoms with Gasteiger partial charge in [0.05, 0.1) is 0 Å². The summed E-state index contributed by atoms with van der Waals surface area (Å²) in [5.41, 5.74) is 8.08. The summed E-state index contributed by atoms with van der Waals surface area (Å²) >= 11 is 0. The van der Waals surface area contributed by atoms with Crippen LogP contribution in [0.15, 0.2) is 18.2 Å². The van der Waals surface area contributed by atoms with Gasteiger partial charge in [-0.25, -0.2) is 0 Å². The summed E-state index contributed by atoms with van der Waals surface area (Å²) in [6.07, 6.45) is 4.40. The van der Waals surface area contributed by atoms with Crippen LogP contribution in [0.2, 0.25) is 0 Å². The number of benzene rings is 1. The Morgan fingerprint density at radius 1 is 1.47 bits per heavy atom. The van der Waals surface area contributed by atoms with Crippen LogP contribution in [-0.4, -0.2) is 11.4 Å². The summed E-state index contributed by atoms with van der Waals surface area (Å²) in [4.78, 5) is 12.2. The summed E-state index contributed by atoms with van der Waals surface area (Å²) < 4.78 is 0. The molecule has 1 saturated carbocycles. The molecular formula is C14H20N2O. The van der Waals surface area contributed by atoms with Crippen LogP contribution in [0.5, 0.6) is 0 Å². The predicted molar refractivity (Wildman–Crippen MR) is 69.9 cm³/mol. The zero-order valence-electron chi connectivity index (χ0n) is 10.5. The van der Waals surface area contributed by atoms with Gasteiger partial charge in [-0.3, -0.25) is 4.79 Å². The second-order valence-electron chi connectivity index (χ2n) is 5.02. The number of hydrogen-bond donors (Lipinski definition) is 2. The van der Waals surface area contributed by atoms with E-state index in [1.165, 1.54) is 6.42 Å². The van der Waals surface area contributed by atoms with E-state index in [9.17, 15) is 4.79 Å². The Labute approximate surface area is 102 Å². The molecule has 3 N–H and O–H groups in total. The third-order valence-electron chi connectivity index (χ3n) is 3.87. The fourth-order valence-corrected chi connectivity index (χ4v) is 2.36. The Hall–Kier alpha value is -1.51. The number of nitrogens with two attached hydrogens (primary N) is 1. The maximum absolute atomic E-state index is 12.2. The number of carbonyl (C=O) groups excluding carboxylic acids is 1. The van der Waals surface area contributed by atoms with Gasteiger partial charge in [-0.1, -0.05) is 13.0 Å². The lowest BCUT2D eigenvalue weighted by Crippen LogP contribution is -2.53. The Bertz CT molecular complexity index is 430. The molecule has 1 aliphatic carbocycles. The van der Waals surface area contributed by atoms with Crippen LogP contribution in [-0.2, 0) is 0 Å². The zero-order valence-corrected chi connectivity index (χ0v) is 10.5. The summed E-state index contributed by atoms with van der Waals surface area (Å²) in [6.45, 7) is 4.07. The van der Waals surface area contributed by atoms with Gasteiger partial charge >= 0.3 is 0 Å². The third kappa shape index (κ3) is 2.28. The number of rotatable bonds is 3. The Balaban J connectivity index is 2.17. The fourth-order valence-electron chi connectivity index (χ4n) is 2.36. The molecule has 1 aliphatic rings. The van der Waals surface area contributed by atoms with Gasteiger partial charge < -0.3 is 11.1 Å². The normalized spacial score (nSPS) is 17.3. The van der Waals surface area contributed by atoms with Crippen molar-refractivity contribution in [1.29, 1.82) is 0 Å². The Kier molecular flexibility index (Phi) is 3.09. The molecule has 0 aliphatic heterocycles. The second kappa shape index (κ2) is 4.40. The lowest BCUT2D eigenvalue weighted by molar-refractivity contribution is 0.0820. The maximum atomic E-state index is 12.2. The van der Waals surface area contributed by atoms with Gasteiger partial charge in [0.2, 0.25) is 0 Å². The molecule has 1 aromatic carbocycles. The van der Waals surface area contributed by atoms with Crippen LogP contribution in [0.1, 0.15) is 48.5 Å². The molecule has 0 atom stereocenters. The largest absolute Gasteiger partial charge is 0.399 e. The zero-order chi connectivity index (χ0) is 12.5. The molecule has 1 fully saturated rings. The van der Waals surface area contributed by atoms with Crippen molar-refractivity contribution in [1.82, 2.24) is 5.32 Å². The van der Waals surface area contributed by atoms with E-state index in [1.807, 2.05) is 19.1 Å². The minimum absolute atomic E-state index is 0.0105. The number of nitrogen functional groups attached to an aromatic ring is 1. The van der Waals surface area contributed by atoms with E-state index in [4.69, 9.17) is 5.73 Å². The minimum atomic E-state index is 0.0105. The van der Waals surface area contributed by atoms with Crippen molar-refractivity contribution in [2.45, 2.75) is 45.1 Å². The molecule has 3 nitrogen and oxygen atoms in total. The first kappa shape index (κ1) is 12.0. The number of hydrogen-bond acceptors (Lipinski definition) is 2. The van der Waals surface area contributed by atoms with Crippen molar-refractivity contribution in [2.75, 3.05) is 5.73 Å². The SMILES string of the molecule is CCC1(NC(=O)c2cc(N)ccc2C)CCC1. The number of amides is 1. The molecule has 0 radical (unpaired) electrons. The topological polar surface area (TPSA) is 55.1 Å². The van der Waals surface area contributed by atoms with Crippen LogP contribution in [0.25, 0.3) is 0 Å². The van der Waals surface area contributed by atoms with E-state index in [1.54, 1.807) is 6.07 Å². The quantitative estimate of drug-likeness (QED) is 0.787. The minimum Gasteiger partial charge on any atom is -0.399 e. The van der Waals surface area contributed by atoms with Crippen molar-refractivity contribution in [3.8, 4) is 0 Å². The highest BCUT2D eigenvalue weighted by molar-refractivity contribution is 5.97. The van der Waals surface area contributed by atoms with Crippen molar-refractivity contribution in [3.05, 3.63) is 29.3 Å². The first-order valence-electron chi connectivity index (χ1n) is 6.25. The first-order valence-corrected chi connectivity index (χ1v) is 6.25. The second-order valence-corrected chi connectivity index (χ2v) is 5.02. The number of aryl methyl sites for hydroxylation is 1. The smallest absolute Gasteiger partial charge is 0.252 e. The summed E-state index contributed by atoms with van der Waals surface area (Å²) in [7, 11) is 0. The van der Waals surface area contributed by atoms with Gasteiger partial charge in [0.25, 0.3) is 5.91 Å². The molecular weight excluding hydrogens is 212 g/mol. The van der Waals surface area contributed by atoms with Crippen molar-refractivity contribution < 1.29 is 4.79 Å². The molecule has 0 aromatic heterocycles. The van der Waals surface area contributed by atoms with Gasteiger partial charge in [-0.2, -0.15) is 0 Å². The molecule has 1 aromatic rings. The van der Waals surface area contributed by atoms with E-state index in [2.05, 4.69) is 12.2 Å². The molecule has 92 valence electrons. The van der Waals surface area contributed by atoms with Gasteiger partial charge in [0, 0.05) is 16.8 Å². The highest BCUT2D eigenvalue weighted by atomic mass is 16.1. The molecule has 1 amide bonds. The third-order valence-corrected chi connectivity index (χ3v) is 3.87. The standard InChI is InChI=1S/C14H20N2O/c1-3-14(7-4-8-14)16-13(17)12-9-11(15)6-5-10(12)2/h5-6,9H,3-4,7-8,15H2,1-2H3,(H,16,17). The number of nitrogens with one attached hydrogen (secondary N) is 1. The van der Waals surface area contributed by atoms with Gasteiger partial charge in [0.15, 0.2) is 0 Å². The number of anilines is 1. The van der Waals surface area contributed by atoms with E-state index in [0.717, 1.165) is 24.8 Å². The fraction of sp³-hybridized carbons (Fsp3) is 0.500. The lowest BCUT2D eigenvalue weighted by atomic mass is 9.74. The van der Waals surface area contributed by atoms with E-state index in [-0.39, 0.29) is 11.4 Å². The summed E-state index contributed by atoms with van der Waals surface area (Å²) in [5, 5.41) is 3.17. The molecule has 0 unspecified atom stereocenters. The van der Waals surface area contributed by atoms with Crippen LogP contribution < -0.4 is 11.1 Å². The van der Waals surface area contributed by atoms with Crippen molar-refractivity contribution >= 4 is 11.6 Å². The highest BCUT2D eigenvalue weighted by Crippen LogP contribution is 2.35. The van der Waals surface area contributed by atoms with Gasteiger partial charge in [0.1, 0.15) is 0 Å². The monoisotopic (exact) mass is 232 g/mol. The van der Waals surface area contributed by atoms with Crippen LogP contribution in [0, 0.1) is 6.92 Å². The van der Waals surface area contributed by atoms with E-state index >= 15 is 0 Å². The molecule has 0 bridgehead atoms. The molecule has 3 heteroatoms. The molecule has 0 spiro atoms. The Morgan fingerprint density at radius 3 is 2.71 bits per heavy atom.